The van der Waals surface area contributed by atoms with Crippen LogP contribution in [0.2, 0.25) is 0 Å². The molecule has 7 nitrogen and oxygen atoms in total. The summed E-state index contributed by atoms with van der Waals surface area (Å²) in [6, 6.07) is 5.38. The van der Waals surface area contributed by atoms with E-state index in [1.54, 1.807) is 37.6 Å². The molecule has 0 fully saturated rings. The zero-order chi connectivity index (χ0) is 20.5. The molecule has 0 radical (unpaired) electrons. The second kappa shape index (κ2) is 13.0. The normalized spacial score (nSPS) is 12.4. The molecule has 1 N–H and O–H groups in total. The van der Waals surface area contributed by atoms with Crippen molar-refractivity contribution in [2.24, 2.45) is 4.99 Å². The van der Waals surface area contributed by atoms with Gasteiger partial charge in [-0.05, 0) is 32.8 Å². The average Bonchev–Trinajstić information content (AvgIpc) is 3.14. The fourth-order valence-electron chi connectivity index (χ4n) is 2.89. The maximum atomic E-state index is 11.9. The summed E-state index contributed by atoms with van der Waals surface area (Å²) in [5, 5.41) is 6.44. The first-order chi connectivity index (χ1) is 13.5. The van der Waals surface area contributed by atoms with E-state index in [2.05, 4.69) is 25.6 Å². The number of hydrogen-bond donors (Lipinski definition) is 1. The second-order valence-corrected chi connectivity index (χ2v) is 7.64. The van der Waals surface area contributed by atoms with Crippen LogP contribution in [0.4, 0.5) is 0 Å². The molecule has 29 heavy (non-hydrogen) atoms. The fraction of sp³-hybridized carbons (Fsp3) is 0.550. The van der Waals surface area contributed by atoms with Crippen LogP contribution in [-0.4, -0.2) is 48.2 Å². The first kappa shape index (κ1) is 25.6. The van der Waals surface area contributed by atoms with Gasteiger partial charge >= 0.3 is 0 Å². The average molecular weight is 533 g/mol. The summed E-state index contributed by atoms with van der Waals surface area (Å²) in [4.78, 5) is 22.9. The zero-order valence-corrected chi connectivity index (χ0v) is 21.0. The third-order valence-electron chi connectivity index (χ3n) is 4.60. The Bertz CT molecular complexity index is 836. The van der Waals surface area contributed by atoms with Crippen molar-refractivity contribution in [3.63, 3.8) is 0 Å². The molecule has 0 saturated carbocycles. The van der Waals surface area contributed by atoms with Gasteiger partial charge in [-0.25, -0.2) is 4.98 Å². The first-order valence-electron chi connectivity index (χ1n) is 9.51. The Morgan fingerprint density at radius 1 is 1.41 bits per heavy atom. The Kier molecular flexibility index (Phi) is 11.4. The number of nitrogens with zero attached hydrogens (tertiary/aromatic N) is 4. The summed E-state index contributed by atoms with van der Waals surface area (Å²) in [6.07, 6.45) is 1.91. The number of aliphatic imine (C=N–C) groups is 1. The molecule has 0 aliphatic rings. The van der Waals surface area contributed by atoms with Gasteiger partial charge in [-0.2, -0.15) is 0 Å². The Morgan fingerprint density at radius 3 is 2.83 bits per heavy atom. The number of methoxy groups -OCH3 is 1. The van der Waals surface area contributed by atoms with E-state index in [9.17, 15) is 4.79 Å². The molecule has 0 saturated heterocycles. The highest BCUT2D eigenvalue weighted by Crippen LogP contribution is 2.20. The maximum Gasteiger partial charge on any atom is 0.250 e. The van der Waals surface area contributed by atoms with E-state index in [0.29, 0.717) is 6.54 Å². The van der Waals surface area contributed by atoms with E-state index in [0.717, 1.165) is 48.3 Å². The summed E-state index contributed by atoms with van der Waals surface area (Å²) in [5.74, 6) is 0.836. The number of rotatable bonds is 9. The van der Waals surface area contributed by atoms with E-state index in [1.807, 2.05) is 31.5 Å². The van der Waals surface area contributed by atoms with Gasteiger partial charge in [0.15, 0.2) is 5.96 Å². The summed E-state index contributed by atoms with van der Waals surface area (Å²) >= 11 is 1.62. The van der Waals surface area contributed by atoms with Gasteiger partial charge in [0.05, 0.1) is 12.2 Å². The number of ether oxygens (including phenoxy) is 1. The van der Waals surface area contributed by atoms with Crippen LogP contribution in [0, 0.1) is 6.92 Å². The van der Waals surface area contributed by atoms with Gasteiger partial charge in [0.1, 0.15) is 11.1 Å². The number of guanidine groups is 1. The molecule has 0 spiro atoms. The van der Waals surface area contributed by atoms with Gasteiger partial charge in [-0.15, -0.1) is 35.3 Å². The standard InChI is InChI=1S/C20H31N5O2S.HI/c1-15-9-8-10-18(26)25(15)12-7-6-11-22-20(21-3)24(4)13-17-14-28-19(23-17)16(2)27-5;/h8-10,14,16H,6-7,11-13H2,1-5H3,(H,21,22);1H. The SMILES string of the molecule is CN=C(NCCCCn1c(C)cccc1=O)N(C)Cc1csc(C(C)OC)n1.I. The largest absolute Gasteiger partial charge is 0.375 e. The van der Waals surface area contributed by atoms with Crippen molar-refractivity contribution in [1.29, 1.82) is 0 Å². The molecule has 9 heteroatoms. The van der Waals surface area contributed by atoms with Crippen molar-refractivity contribution in [2.75, 3.05) is 27.7 Å². The number of halogens is 1. The third kappa shape index (κ3) is 7.71. The van der Waals surface area contributed by atoms with Crippen LogP contribution in [0.5, 0.6) is 0 Å². The number of pyridine rings is 1. The molecule has 2 heterocycles. The number of hydrogen-bond acceptors (Lipinski definition) is 5. The smallest absolute Gasteiger partial charge is 0.250 e. The highest BCUT2D eigenvalue weighted by molar-refractivity contribution is 14.0. The Morgan fingerprint density at radius 2 is 2.17 bits per heavy atom. The molecule has 1 unspecified atom stereocenters. The monoisotopic (exact) mass is 533 g/mol. The highest BCUT2D eigenvalue weighted by Gasteiger charge is 2.12. The van der Waals surface area contributed by atoms with Crippen LogP contribution in [0.15, 0.2) is 33.4 Å². The topological polar surface area (TPSA) is 71.8 Å². The molecule has 1 atom stereocenters. The Balaban J connectivity index is 0.00000420. The number of aryl methyl sites for hydroxylation is 1. The predicted octanol–water partition coefficient (Wildman–Crippen LogP) is 3.43. The Labute approximate surface area is 194 Å². The van der Waals surface area contributed by atoms with Crippen molar-refractivity contribution in [1.82, 2.24) is 19.8 Å². The van der Waals surface area contributed by atoms with E-state index in [4.69, 9.17) is 4.74 Å². The van der Waals surface area contributed by atoms with E-state index in [1.165, 1.54) is 0 Å². The minimum Gasteiger partial charge on any atom is -0.375 e. The Hall–Kier alpha value is -1.46. The highest BCUT2D eigenvalue weighted by atomic mass is 127. The minimum absolute atomic E-state index is 0. The van der Waals surface area contributed by atoms with Crippen molar-refractivity contribution < 1.29 is 4.74 Å². The number of nitrogens with one attached hydrogen (secondary N) is 1. The van der Waals surface area contributed by atoms with Crippen LogP contribution in [-0.2, 0) is 17.8 Å². The van der Waals surface area contributed by atoms with Gasteiger partial charge in [-0.3, -0.25) is 9.79 Å². The van der Waals surface area contributed by atoms with Gasteiger partial charge in [0.25, 0.3) is 5.56 Å². The molecular formula is C20H32IN5O2S. The van der Waals surface area contributed by atoms with Crippen LogP contribution in [0.25, 0.3) is 0 Å². The summed E-state index contributed by atoms with van der Waals surface area (Å²) in [6.45, 7) is 6.19. The van der Waals surface area contributed by atoms with Crippen LogP contribution < -0.4 is 10.9 Å². The number of thiazole rings is 1. The van der Waals surface area contributed by atoms with E-state index >= 15 is 0 Å². The van der Waals surface area contributed by atoms with Gasteiger partial charge < -0.3 is 19.5 Å². The molecule has 2 aromatic rings. The molecule has 0 bridgehead atoms. The molecule has 2 aromatic heterocycles. The lowest BCUT2D eigenvalue weighted by Gasteiger charge is -2.21. The summed E-state index contributed by atoms with van der Waals surface area (Å²) in [7, 11) is 5.48. The van der Waals surface area contributed by atoms with E-state index in [-0.39, 0.29) is 35.6 Å². The summed E-state index contributed by atoms with van der Waals surface area (Å²) < 4.78 is 7.14. The van der Waals surface area contributed by atoms with Crippen LogP contribution >= 0.6 is 35.3 Å². The molecular weight excluding hydrogens is 501 g/mol. The molecule has 0 aliphatic heterocycles. The van der Waals surface area contributed by atoms with Gasteiger partial charge in [0, 0.05) is 51.4 Å². The van der Waals surface area contributed by atoms with Gasteiger partial charge in [0.2, 0.25) is 0 Å². The van der Waals surface area contributed by atoms with Gasteiger partial charge in [-0.1, -0.05) is 6.07 Å². The van der Waals surface area contributed by atoms with Crippen molar-refractivity contribution in [3.05, 3.63) is 50.3 Å². The third-order valence-corrected chi connectivity index (χ3v) is 5.66. The van der Waals surface area contributed by atoms with Crippen molar-refractivity contribution >= 4 is 41.3 Å². The van der Waals surface area contributed by atoms with Crippen LogP contribution in [0.3, 0.4) is 0 Å². The van der Waals surface area contributed by atoms with Crippen molar-refractivity contribution in [2.45, 2.75) is 45.9 Å². The number of aromatic nitrogens is 2. The molecule has 162 valence electrons. The molecule has 0 aliphatic carbocycles. The second-order valence-electron chi connectivity index (χ2n) is 6.75. The minimum atomic E-state index is 0. The molecule has 0 amide bonds. The lowest BCUT2D eigenvalue weighted by Crippen LogP contribution is -2.39. The zero-order valence-electron chi connectivity index (χ0n) is 17.8. The quantitative estimate of drug-likeness (QED) is 0.232. The number of unbranched alkanes of at least 4 members (excludes halogenated alkanes) is 1. The predicted molar refractivity (Wildman–Crippen MR) is 130 cm³/mol. The maximum absolute atomic E-state index is 11.9. The molecule has 2 rings (SSSR count). The van der Waals surface area contributed by atoms with E-state index < -0.39 is 0 Å². The fourth-order valence-corrected chi connectivity index (χ4v) is 3.73. The lowest BCUT2D eigenvalue weighted by molar-refractivity contribution is 0.119. The molecule has 0 aromatic carbocycles. The summed E-state index contributed by atoms with van der Waals surface area (Å²) in [5.41, 5.74) is 2.07. The lowest BCUT2D eigenvalue weighted by atomic mass is 10.3. The first-order valence-corrected chi connectivity index (χ1v) is 10.4. The van der Waals surface area contributed by atoms with Crippen LogP contribution in [0.1, 0.15) is 42.3 Å². The van der Waals surface area contributed by atoms with Crippen molar-refractivity contribution in [3.8, 4) is 0 Å².